The lowest BCUT2D eigenvalue weighted by molar-refractivity contribution is -0.121. The molecule has 6 nitrogen and oxygen atoms in total. The van der Waals surface area contributed by atoms with Crippen molar-refractivity contribution in [3.05, 3.63) is 11.7 Å². The molecule has 6 heteroatoms. The minimum atomic E-state index is 0.0243. The van der Waals surface area contributed by atoms with Crippen molar-refractivity contribution in [3.8, 4) is 0 Å². The Morgan fingerprint density at radius 2 is 2.37 bits per heavy atom. The molecule has 1 atom stereocenters. The monoisotopic (exact) mass is 267 g/mol. The highest BCUT2D eigenvalue weighted by Crippen LogP contribution is 2.12. The van der Waals surface area contributed by atoms with Gasteiger partial charge in [-0.2, -0.15) is 4.98 Å². The fraction of sp³-hybridized carbons (Fsp3) is 0.769. The van der Waals surface area contributed by atoms with E-state index < -0.39 is 0 Å². The normalized spacial score (nSPS) is 19.0. The van der Waals surface area contributed by atoms with Gasteiger partial charge in [0.15, 0.2) is 5.82 Å². The number of carbonyl (C=O) groups is 1. The Balaban J connectivity index is 1.67. The summed E-state index contributed by atoms with van der Waals surface area (Å²) in [6.07, 6.45) is 1.90. The van der Waals surface area contributed by atoms with E-state index >= 15 is 0 Å². The van der Waals surface area contributed by atoms with Crippen molar-refractivity contribution in [3.63, 3.8) is 0 Å². The van der Waals surface area contributed by atoms with Gasteiger partial charge in [-0.05, 0) is 6.42 Å². The molecule has 1 saturated heterocycles. The summed E-state index contributed by atoms with van der Waals surface area (Å²) >= 11 is 0. The van der Waals surface area contributed by atoms with E-state index in [0.29, 0.717) is 37.0 Å². The van der Waals surface area contributed by atoms with Gasteiger partial charge in [-0.1, -0.05) is 19.0 Å². The average Bonchev–Trinajstić information content (AvgIpc) is 3.05. The molecule has 2 heterocycles. The minimum Gasteiger partial charge on any atom is -0.381 e. The van der Waals surface area contributed by atoms with E-state index in [2.05, 4.69) is 15.5 Å². The molecule has 106 valence electrons. The van der Waals surface area contributed by atoms with Gasteiger partial charge in [-0.15, -0.1) is 0 Å². The molecule has 0 bridgehead atoms. The lowest BCUT2D eigenvalue weighted by Crippen LogP contribution is -2.29. The van der Waals surface area contributed by atoms with Crippen LogP contribution in [0.2, 0.25) is 0 Å². The van der Waals surface area contributed by atoms with Gasteiger partial charge in [0.1, 0.15) is 0 Å². The van der Waals surface area contributed by atoms with Crippen LogP contribution in [0.1, 0.15) is 44.3 Å². The second-order valence-corrected chi connectivity index (χ2v) is 5.23. The molecule has 1 aromatic rings. The third-order valence-corrected chi connectivity index (χ3v) is 3.18. The molecule has 2 rings (SSSR count). The van der Waals surface area contributed by atoms with E-state index in [0.717, 1.165) is 19.6 Å². The Morgan fingerprint density at radius 1 is 1.53 bits per heavy atom. The number of ether oxygens (including phenoxy) is 1. The number of rotatable bonds is 6. The fourth-order valence-electron chi connectivity index (χ4n) is 1.92. The van der Waals surface area contributed by atoms with Gasteiger partial charge in [0.25, 0.3) is 0 Å². The number of amides is 1. The summed E-state index contributed by atoms with van der Waals surface area (Å²) in [5.41, 5.74) is 0. The summed E-state index contributed by atoms with van der Waals surface area (Å²) in [4.78, 5) is 15.9. The van der Waals surface area contributed by atoms with Crippen molar-refractivity contribution >= 4 is 5.91 Å². The van der Waals surface area contributed by atoms with Crippen molar-refractivity contribution in [2.75, 3.05) is 19.8 Å². The molecule has 0 aliphatic carbocycles. The van der Waals surface area contributed by atoms with Crippen LogP contribution in [0, 0.1) is 5.92 Å². The summed E-state index contributed by atoms with van der Waals surface area (Å²) in [6, 6.07) is 0. The van der Waals surface area contributed by atoms with Crippen LogP contribution >= 0.6 is 0 Å². The Bertz CT molecular complexity index is 411. The molecule has 1 aliphatic rings. The first-order valence-corrected chi connectivity index (χ1v) is 6.82. The standard InChI is InChI=1S/C13H21N3O3/c1-9(2)13-15-12(19-16-13)4-3-11(17)14-7-10-5-6-18-8-10/h9-10H,3-8H2,1-2H3,(H,14,17)/t10-/m1/s1. The van der Waals surface area contributed by atoms with E-state index in [1.165, 1.54) is 0 Å². The topological polar surface area (TPSA) is 77.2 Å². The van der Waals surface area contributed by atoms with Crippen molar-refractivity contribution < 1.29 is 14.1 Å². The van der Waals surface area contributed by atoms with Gasteiger partial charge in [0.2, 0.25) is 11.8 Å². The molecule has 0 saturated carbocycles. The summed E-state index contributed by atoms with van der Waals surface area (Å²) in [7, 11) is 0. The summed E-state index contributed by atoms with van der Waals surface area (Å²) in [6.45, 7) is 6.26. The largest absolute Gasteiger partial charge is 0.381 e. The van der Waals surface area contributed by atoms with Gasteiger partial charge in [-0.3, -0.25) is 4.79 Å². The third-order valence-electron chi connectivity index (χ3n) is 3.18. The summed E-state index contributed by atoms with van der Waals surface area (Å²) in [5.74, 6) is 1.95. The Hall–Kier alpha value is -1.43. The van der Waals surface area contributed by atoms with Crippen LogP contribution in [0.15, 0.2) is 4.52 Å². The Morgan fingerprint density at radius 3 is 3.00 bits per heavy atom. The molecule has 1 fully saturated rings. The van der Waals surface area contributed by atoms with Crippen LogP contribution in [0.25, 0.3) is 0 Å². The van der Waals surface area contributed by atoms with Crippen LogP contribution < -0.4 is 5.32 Å². The smallest absolute Gasteiger partial charge is 0.227 e. The molecule has 1 aromatic heterocycles. The van der Waals surface area contributed by atoms with Gasteiger partial charge in [-0.25, -0.2) is 0 Å². The highest BCUT2D eigenvalue weighted by molar-refractivity contribution is 5.75. The van der Waals surface area contributed by atoms with Crippen LogP contribution in [0.4, 0.5) is 0 Å². The van der Waals surface area contributed by atoms with Crippen LogP contribution in [-0.2, 0) is 16.0 Å². The average molecular weight is 267 g/mol. The molecule has 0 aromatic carbocycles. The fourth-order valence-corrected chi connectivity index (χ4v) is 1.92. The number of nitrogens with one attached hydrogen (secondary N) is 1. The summed E-state index contributed by atoms with van der Waals surface area (Å²) in [5, 5.41) is 6.78. The predicted octanol–water partition coefficient (Wildman–Crippen LogP) is 1.28. The molecular formula is C13H21N3O3. The van der Waals surface area contributed by atoms with Crippen LogP contribution in [0.3, 0.4) is 0 Å². The quantitative estimate of drug-likeness (QED) is 0.840. The Kier molecular flexibility index (Phi) is 4.90. The number of aromatic nitrogens is 2. The van der Waals surface area contributed by atoms with E-state index in [9.17, 15) is 4.79 Å². The molecular weight excluding hydrogens is 246 g/mol. The lowest BCUT2D eigenvalue weighted by atomic mass is 10.1. The van der Waals surface area contributed by atoms with E-state index in [-0.39, 0.29) is 11.8 Å². The van der Waals surface area contributed by atoms with E-state index in [1.54, 1.807) is 0 Å². The number of nitrogens with zero attached hydrogens (tertiary/aromatic N) is 2. The van der Waals surface area contributed by atoms with Crippen molar-refractivity contribution in [1.29, 1.82) is 0 Å². The Labute approximate surface area is 112 Å². The minimum absolute atomic E-state index is 0.0243. The third kappa shape index (κ3) is 4.31. The van der Waals surface area contributed by atoms with Crippen LogP contribution in [-0.4, -0.2) is 35.8 Å². The molecule has 19 heavy (non-hydrogen) atoms. The van der Waals surface area contributed by atoms with Crippen LogP contribution in [0.5, 0.6) is 0 Å². The second-order valence-electron chi connectivity index (χ2n) is 5.23. The maximum Gasteiger partial charge on any atom is 0.227 e. The lowest BCUT2D eigenvalue weighted by Gasteiger charge is -2.08. The van der Waals surface area contributed by atoms with Gasteiger partial charge in [0, 0.05) is 37.8 Å². The second kappa shape index (κ2) is 6.65. The highest BCUT2D eigenvalue weighted by atomic mass is 16.5. The highest BCUT2D eigenvalue weighted by Gasteiger charge is 2.16. The van der Waals surface area contributed by atoms with Crippen molar-refractivity contribution in [2.24, 2.45) is 5.92 Å². The number of hydrogen-bond acceptors (Lipinski definition) is 5. The molecule has 1 aliphatic heterocycles. The number of aryl methyl sites for hydroxylation is 1. The van der Waals surface area contributed by atoms with E-state index in [4.69, 9.17) is 9.26 Å². The van der Waals surface area contributed by atoms with Gasteiger partial charge >= 0.3 is 0 Å². The maximum atomic E-state index is 11.7. The molecule has 1 N–H and O–H groups in total. The number of carbonyl (C=O) groups excluding carboxylic acids is 1. The zero-order valence-corrected chi connectivity index (χ0v) is 11.5. The van der Waals surface area contributed by atoms with Gasteiger partial charge in [0.05, 0.1) is 6.61 Å². The number of hydrogen-bond donors (Lipinski definition) is 1. The first-order valence-electron chi connectivity index (χ1n) is 6.82. The molecule has 0 spiro atoms. The molecule has 0 unspecified atom stereocenters. The summed E-state index contributed by atoms with van der Waals surface area (Å²) < 4.78 is 10.4. The predicted molar refractivity (Wildman–Crippen MR) is 68.6 cm³/mol. The first-order chi connectivity index (χ1) is 9.15. The zero-order valence-electron chi connectivity index (χ0n) is 11.5. The SMILES string of the molecule is CC(C)c1noc(CCC(=O)NC[C@H]2CCOC2)n1. The molecule has 0 radical (unpaired) electrons. The zero-order chi connectivity index (χ0) is 13.7. The van der Waals surface area contributed by atoms with Crippen molar-refractivity contribution in [2.45, 2.75) is 39.0 Å². The maximum absolute atomic E-state index is 11.7. The van der Waals surface area contributed by atoms with Gasteiger partial charge < -0.3 is 14.6 Å². The van der Waals surface area contributed by atoms with E-state index in [1.807, 2.05) is 13.8 Å². The molecule has 1 amide bonds. The first kappa shape index (κ1) is 14.0. The van der Waals surface area contributed by atoms with Crippen molar-refractivity contribution in [1.82, 2.24) is 15.5 Å².